The van der Waals surface area contributed by atoms with E-state index in [0.29, 0.717) is 23.8 Å². The summed E-state index contributed by atoms with van der Waals surface area (Å²) in [6.45, 7) is 6.50. The predicted molar refractivity (Wildman–Crippen MR) is 159 cm³/mol. The van der Waals surface area contributed by atoms with E-state index in [1.54, 1.807) is 12.1 Å². The maximum atomic E-state index is 13.9. The number of likely N-dealkylation sites (tertiary alicyclic amines) is 1. The van der Waals surface area contributed by atoms with Crippen LogP contribution in [0.2, 0.25) is 0 Å². The summed E-state index contributed by atoms with van der Waals surface area (Å²) in [4.78, 5) is 14.8. The number of hydrogen-bond donors (Lipinski definition) is 3. The van der Waals surface area contributed by atoms with Gasteiger partial charge >= 0.3 is 6.03 Å². The van der Waals surface area contributed by atoms with E-state index in [1.807, 2.05) is 18.2 Å². The molecular formula is C30H35Cl2F3N4O2. The van der Waals surface area contributed by atoms with Crippen molar-refractivity contribution in [3.8, 4) is 11.5 Å². The third-order valence-electron chi connectivity index (χ3n) is 7.49. The van der Waals surface area contributed by atoms with Crippen molar-refractivity contribution in [3.63, 3.8) is 0 Å². The maximum absolute atomic E-state index is 13.9. The van der Waals surface area contributed by atoms with E-state index >= 15 is 0 Å². The van der Waals surface area contributed by atoms with Crippen LogP contribution in [0.15, 0.2) is 54.6 Å². The molecule has 3 N–H and O–H groups in total. The lowest BCUT2D eigenvalue weighted by molar-refractivity contribution is 0.204. The van der Waals surface area contributed by atoms with Crippen LogP contribution in [0.4, 0.5) is 23.7 Å². The minimum absolute atomic E-state index is 0. The van der Waals surface area contributed by atoms with Gasteiger partial charge in [0.15, 0.2) is 23.2 Å². The summed E-state index contributed by atoms with van der Waals surface area (Å²) in [7, 11) is 0. The average molecular weight is 612 g/mol. The van der Waals surface area contributed by atoms with Crippen LogP contribution in [0, 0.1) is 24.4 Å². The minimum Gasteiger partial charge on any atom is -0.454 e. The van der Waals surface area contributed by atoms with Crippen LogP contribution >= 0.6 is 24.8 Å². The lowest BCUT2D eigenvalue weighted by Gasteiger charge is -2.33. The fourth-order valence-electron chi connectivity index (χ4n) is 5.32. The Bertz CT molecular complexity index is 1320. The standard InChI is InChI=1S/C30H33F3N4O2.2ClH/c1-19-2-5-22(35-30(38)36-23-8-11-34-17-23)14-25(19)21-9-12-37(13-10-21)18-20-3-6-24(7-4-20)39-29-16-27(32)26(31)15-28(29)33;;/h2-7,14-16,21,23,34H,8-13,17-18H2,1H3,(H2,35,36,38);2*1H. The number of carbonyl (C=O) groups excluding carboxylic acids is 1. The molecular weight excluding hydrogens is 576 g/mol. The number of nitrogens with one attached hydrogen (secondary N) is 3. The number of benzene rings is 3. The van der Waals surface area contributed by atoms with Gasteiger partial charge in [-0.3, -0.25) is 4.90 Å². The van der Waals surface area contributed by atoms with Gasteiger partial charge in [0.25, 0.3) is 0 Å². The van der Waals surface area contributed by atoms with E-state index in [0.717, 1.165) is 63.2 Å². The molecule has 3 aromatic rings. The molecule has 2 fully saturated rings. The normalized spacial score (nSPS) is 17.3. The molecule has 0 spiro atoms. The number of urea groups is 1. The molecule has 41 heavy (non-hydrogen) atoms. The number of hydrogen-bond acceptors (Lipinski definition) is 4. The largest absolute Gasteiger partial charge is 0.454 e. The Kier molecular flexibility index (Phi) is 11.7. The third kappa shape index (κ3) is 8.52. The molecule has 0 aliphatic carbocycles. The molecule has 2 aliphatic rings. The van der Waals surface area contributed by atoms with Crippen LogP contribution in [-0.4, -0.2) is 43.2 Å². The molecule has 222 valence electrons. The molecule has 0 aromatic heterocycles. The average Bonchev–Trinajstić information content (AvgIpc) is 3.43. The smallest absolute Gasteiger partial charge is 0.319 e. The van der Waals surface area contributed by atoms with Crippen molar-refractivity contribution in [2.24, 2.45) is 0 Å². The van der Waals surface area contributed by atoms with Gasteiger partial charge in [0.2, 0.25) is 0 Å². The molecule has 2 aliphatic heterocycles. The van der Waals surface area contributed by atoms with Crippen LogP contribution < -0.4 is 20.7 Å². The fraction of sp³-hybridized carbons (Fsp3) is 0.367. The molecule has 0 bridgehead atoms. The van der Waals surface area contributed by atoms with Crippen molar-refractivity contribution in [1.82, 2.24) is 15.5 Å². The summed E-state index contributed by atoms with van der Waals surface area (Å²) in [5, 5.41) is 9.26. The Morgan fingerprint density at radius 1 is 0.951 bits per heavy atom. The van der Waals surface area contributed by atoms with Crippen molar-refractivity contribution < 1.29 is 22.7 Å². The number of nitrogens with zero attached hydrogens (tertiary/aromatic N) is 1. The van der Waals surface area contributed by atoms with Crippen molar-refractivity contribution in [2.45, 2.75) is 44.7 Å². The summed E-state index contributed by atoms with van der Waals surface area (Å²) in [5.74, 6) is -2.95. The lowest BCUT2D eigenvalue weighted by Crippen LogP contribution is -2.39. The van der Waals surface area contributed by atoms with Crippen molar-refractivity contribution in [2.75, 3.05) is 31.5 Å². The predicted octanol–water partition coefficient (Wildman–Crippen LogP) is 6.91. The topological polar surface area (TPSA) is 65.6 Å². The van der Waals surface area contributed by atoms with Crippen LogP contribution in [0.3, 0.4) is 0 Å². The van der Waals surface area contributed by atoms with Crippen LogP contribution in [0.1, 0.15) is 41.9 Å². The lowest BCUT2D eigenvalue weighted by atomic mass is 9.86. The molecule has 3 aromatic carbocycles. The Labute approximate surface area is 250 Å². The number of carbonyl (C=O) groups is 1. The zero-order valence-electron chi connectivity index (χ0n) is 22.7. The van der Waals surface area contributed by atoms with E-state index in [4.69, 9.17) is 4.74 Å². The number of piperidine rings is 1. The van der Waals surface area contributed by atoms with Gasteiger partial charge in [0, 0.05) is 37.0 Å². The first kappa shape index (κ1) is 32.5. The summed E-state index contributed by atoms with van der Waals surface area (Å²) >= 11 is 0. The second-order valence-electron chi connectivity index (χ2n) is 10.4. The van der Waals surface area contributed by atoms with E-state index in [9.17, 15) is 18.0 Å². The summed E-state index contributed by atoms with van der Waals surface area (Å²) in [6.07, 6.45) is 2.97. The van der Waals surface area contributed by atoms with Crippen LogP contribution in [0.5, 0.6) is 11.5 Å². The first-order valence-corrected chi connectivity index (χ1v) is 13.4. The van der Waals surface area contributed by atoms with Gasteiger partial charge in [-0.05, 0) is 92.7 Å². The second-order valence-corrected chi connectivity index (χ2v) is 10.4. The first-order chi connectivity index (χ1) is 18.8. The SMILES string of the molecule is Cc1ccc(NC(=O)NC2CCNC2)cc1C1CCN(Cc2ccc(Oc3cc(F)c(F)cc3F)cc2)CC1.Cl.Cl. The van der Waals surface area contributed by atoms with Gasteiger partial charge in [-0.2, -0.15) is 0 Å². The minimum atomic E-state index is -1.25. The highest BCUT2D eigenvalue weighted by molar-refractivity contribution is 5.89. The monoisotopic (exact) mass is 610 g/mol. The molecule has 2 amide bonds. The number of halogens is 5. The van der Waals surface area contributed by atoms with Crippen LogP contribution in [-0.2, 0) is 6.54 Å². The van der Waals surface area contributed by atoms with Crippen molar-refractivity contribution in [3.05, 3.63) is 88.7 Å². The third-order valence-corrected chi connectivity index (χ3v) is 7.49. The quantitative estimate of drug-likeness (QED) is 0.254. The highest BCUT2D eigenvalue weighted by atomic mass is 35.5. The Morgan fingerprint density at radius 3 is 2.34 bits per heavy atom. The first-order valence-electron chi connectivity index (χ1n) is 13.4. The van der Waals surface area contributed by atoms with Gasteiger partial charge < -0.3 is 20.7 Å². The van der Waals surface area contributed by atoms with Gasteiger partial charge in [-0.15, -0.1) is 24.8 Å². The van der Waals surface area contributed by atoms with Gasteiger partial charge in [0.1, 0.15) is 5.75 Å². The maximum Gasteiger partial charge on any atom is 0.319 e. The number of rotatable bonds is 7. The number of anilines is 1. The zero-order chi connectivity index (χ0) is 27.4. The number of aryl methyl sites for hydroxylation is 1. The number of amides is 2. The highest BCUT2D eigenvalue weighted by Gasteiger charge is 2.23. The fourth-order valence-corrected chi connectivity index (χ4v) is 5.32. The van der Waals surface area contributed by atoms with Gasteiger partial charge in [-0.25, -0.2) is 18.0 Å². The zero-order valence-corrected chi connectivity index (χ0v) is 24.4. The Hall–Kier alpha value is -2.98. The molecule has 2 heterocycles. The highest BCUT2D eigenvalue weighted by Crippen LogP contribution is 2.33. The molecule has 0 saturated carbocycles. The van der Waals surface area contributed by atoms with E-state index in [-0.39, 0.29) is 42.6 Å². The molecule has 1 unspecified atom stereocenters. The van der Waals surface area contributed by atoms with Gasteiger partial charge in [-0.1, -0.05) is 18.2 Å². The van der Waals surface area contributed by atoms with Gasteiger partial charge in [0.05, 0.1) is 0 Å². The second kappa shape index (κ2) is 14.8. The molecule has 2 saturated heterocycles. The van der Waals surface area contributed by atoms with Crippen molar-refractivity contribution in [1.29, 1.82) is 0 Å². The molecule has 0 radical (unpaired) electrons. The van der Waals surface area contributed by atoms with E-state index in [1.165, 1.54) is 11.1 Å². The van der Waals surface area contributed by atoms with Crippen LogP contribution in [0.25, 0.3) is 0 Å². The van der Waals surface area contributed by atoms with Crippen molar-refractivity contribution >= 4 is 36.5 Å². The van der Waals surface area contributed by atoms with E-state index in [2.05, 4.69) is 39.9 Å². The summed E-state index contributed by atoms with van der Waals surface area (Å²) in [6, 6.07) is 14.5. The van der Waals surface area contributed by atoms with E-state index < -0.39 is 17.5 Å². The molecule has 1 atom stereocenters. The molecule has 6 nitrogen and oxygen atoms in total. The summed E-state index contributed by atoms with van der Waals surface area (Å²) in [5.41, 5.74) is 4.40. The Morgan fingerprint density at radius 2 is 1.66 bits per heavy atom. The molecule has 5 rings (SSSR count). The number of ether oxygens (including phenoxy) is 1. The Balaban J connectivity index is 0.00000231. The summed E-state index contributed by atoms with van der Waals surface area (Å²) < 4.78 is 45.9. The molecule has 11 heteroatoms.